The first kappa shape index (κ1) is 33.5. The molecule has 10 nitrogen and oxygen atoms in total. The minimum absolute atomic E-state index is 0.0989. The highest BCUT2D eigenvalue weighted by atomic mass is 19.1. The van der Waals surface area contributed by atoms with Gasteiger partial charge < -0.3 is 28.3 Å². The number of hydrogen-bond acceptors (Lipinski definition) is 6. The standard InChI is InChI=1S/C39H36FN5O5/c1-25-9-10-26(2)44(25)30-11-15-32(16-12-30)48-23-34-19-20-37(50-34)39(47)43-41-22-29-21-27(3)45(28(29)4)31-13-17-33(18-14-31)49-24-38(46)42-36-8-6-5-7-35(36)40/h5-22H,23-24H2,1-4H3,(H,42,46)(H,43,47)/b41-22+. The molecule has 254 valence electrons. The van der Waals surface area contributed by atoms with Gasteiger partial charge in [-0.05, 0) is 119 Å². The number of anilines is 1. The molecule has 0 radical (unpaired) electrons. The number of hydrogen-bond donors (Lipinski definition) is 2. The number of nitrogens with zero attached hydrogens (tertiary/aromatic N) is 3. The maximum Gasteiger partial charge on any atom is 0.307 e. The van der Waals surface area contributed by atoms with Gasteiger partial charge in [-0.2, -0.15) is 5.10 Å². The summed E-state index contributed by atoms with van der Waals surface area (Å²) in [7, 11) is 0. The molecule has 0 bridgehead atoms. The Kier molecular flexibility index (Phi) is 9.94. The molecule has 2 N–H and O–H groups in total. The number of aromatic nitrogens is 2. The van der Waals surface area contributed by atoms with E-state index in [9.17, 15) is 14.0 Å². The molecule has 0 atom stereocenters. The van der Waals surface area contributed by atoms with Gasteiger partial charge in [0.2, 0.25) is 0 Å². The summed E-state index contributed by atoms with van der Waals surface area (Å²) in [4.78, 5) is 24.9. The van der Waals surface area contributed by atoms with Crippen molar-refractivity contribution < 1.29 is 27.9 Å². The summed E-state index contributed by atoms with van der Waals surface area (Å²) in [5.74, 6) is 0.334. The number of halogens is 1. The first-order valence-electron chi connectivity index (χ1n) is 15.9. The second-order valence-corrected chi connectivity index (χ2v) is 11.7. The zero-order valence-electron chi connectivity index (χ0n) is 28.1. The third-order valence-electron chi connectivity index (χ3n) is 8.09. The lowest BCUT2D eigenvalue weighted by molar-refractivity contribution is -0.118. The molecule has 3 aromatic heterocycles. The minimum Gasteiger partial charge on any atom is -0.486 e. The zero-order valence-corrected chi connectivity index (χ0v) is 28.1. The lowest BCUT2D eigenvalue weighted by Crippen LogP contribution is -2.20. The normalized spacial score (nSPS) is 11.1. The van der Waals surface area contributed by atoms with Crippen LogP contribution in [0.5, 0.6) is 11.5 Å². The van der Waals surface area contributed by atoms with E-state index in [0.717, 1.165) is 39.7 Å². The SMILES string of the molecule is Cc1ccc(C)n1-c1ccc(OCc2ccc(C(=O)N/N=C/c3cc(C)n(-c4ccc(OCC(=O)Nc5ccccc5F)cc4)c3C)o2)cc1. The van der Waals surface area contributed by atoms with E-state index in [0.29, 0.717) is 17.3 Å². The molecule has 0 saturated carbocycles. The number of ether oxygens (including phenoxy) is 2. The predicted octanol–water partition coefficient (Wildman–Crippen LogP) is 7.59. The number of furan rings is 1. The summed E-state index contributed by atoms with van der Waals surface area (Å²) in [5.41, 5.74) is 9.54. The van der Waals surface area contributed by atoms with Crippen LogP contribution in [0.4, 0.5) is 10.1 Å². The predicted molar refractivity (Wildman–Crippen MR) is 189 cm³/mol. The lowest BCUT2D eigenvalue weighted by atomic mass is 10.2. The van der Waals surface area contributed by atoms with E-state index >= 15 is 0 Å². The Morgan fingerprint density at radius 3 is 2.10 bits per heavy atom. The number of carbonyl (C=O) groups is 2. The Labute approximate surface area is 288 Å². The first-order valence-corrected chi connectivity index (χ1v) is 15.9. The molecule has 50 heavy (non-hydrogen) atoms. The van der Waals surface area contributed by atoms with Crippen LogP contribution in [0.3, 0.4) is 0 Å². The molecule has 3 aromatic carbocycles. The molecule has 2 amide bonds. The zero-order chi connectivity index (χ0) is 35.2. The van der Waals surface area contributed by atoms with Gasteiger partial charge in [-0.25, -0.2) is 9.82 Å². The van der Waals surface area contributed by atoms with Crippen molar-refractivity contribution in [3.63, 3.8) is 0 Å². The number of carbonyl (C=O) groups excluding carboxylic acids is 2. The van der Waals surface area contributed by atoms with Gasteiger partial charge in [-0.15, -0.1) is 0 Å². The van der Waals surface area contributed by atoms with Crippen LogP contribution in [0, 0.1) is 33.5 Å². The van der Waals surface area contributed by atoms with E-state index in [4.69, 9.17) is 13.9 Å². The lowest BCUT2D eigenvalue weighted by Gasteiger charge is -2.12. The monoisotopic (exact) mass is 673 g/mol. The largest absolute Gasteiger partial charge is 0.486 e. The summed E-state index contributed by atoms with van der Waals surface area (Å²) in [6.45, 7) is 7.95. The van der Waals surface area contributed by atoms with Gasteiger partial charge in [0.15, 0.2) is 12.4 Å². The number of para-hydroxylation sites is 1. The van der Waals surface area contributed by atoms with Crippen LogP contribution >= 0.6 is 0 Å². The molecule has 0 fully saturated rings. The van der Waals surface area contributed by atoms with Crippen molar-refractivity contribution in [2.45, 2.75) is 34.3 Å². The second-order valence-electron chi connectivity index (χ2n) is 11.7. The van der Waals surface area contributed by atoms with E-state index in [1.165, 1.54) is 12.1 Å². The molecule has 11 heteroatoms. The summed E-state index contributed by atoms with van der Waals surface area (Å²) in [5, 5.41) is 6.64. The fraction of sp³-hybridized carbons (Fsp3) is 0.154. The van der Waals surface area contributed by atoms with Gasteiger partial charge in [-0.1, -0.05) is 12.1 Å². The number of benzene rings is 3. The van der Waals surface area contributed by atoms with Crippen LogP contribution in [0.25, 0.3) is 11.4 Å². The third kappa shape index (κ3) is 7.68. The van der Waals surface area contributed by atoms with Crippen molar-refractivity contribution in [3.8, 4) is 22.9 Å². The summed E-state index contributed by atoms with van der Waals surface area (Å²) >= 11 is 0. The Balaban J connectivity index is 0.998. The smallest absolute Gasteiger partial charge is 0.307 e. The van der Waals surface area contributed by atoms with Crippen molar-refractivity contribution >= 4 is 23.7 Å². The molecule has 0 aliphatic carbocycles. The molecule has 3 heterocycles. The molecule has 6 rings (SSSR count). The topological polar surface area (TPSA) is 112 Å². The number of hydrazone groups is 1. The van der Waals surface area contributed by atoms with Crippen molar-refractivity contribution in [2.24, 2.45) is 5.10 Å². The Bertz CT molecular complexity index is 2140. The molecular weight excluding hydrogens is 637 g/mol. The van der Waals surface area contributed by atoms with Crippen molar-refractivity contribution in [1.82, 2.24) is 14.6 Å². The van der Waals surface area contributed by atoms with Crippen LogP contribution in [-0.4, -0.2) is 33.8 Å². The first-order chi connectivity index (χ1) is 24.2. The number of aryl methyl sites for hydroxylation is 3. The van der Waals surface area contributed by atoms with E-state index in [2.05, 4.69) is 46.4 Å². The molecule has 0 unspecified atom stereocenters. The summed E-state index contributed by atoms with van der Waals surface area (Å²) in [6.07, 6.45) is 1.58. The number of amides is 2. The van der Waals surface area contributed by atoms with Gasteiger partial charge in [0.1, 0.15) is 29.7 Å². The maximum atomic E-state index is 13.8. The Morgan fingerprint density at radius 2 is 1.42 bits per heavy atom. The van der Waals surface area contributed by atoms with Gasteiger partial charge in [0.25, 0.3) is 5.91 Å². The molecule has 0 aliphatic rings. The van der Waals surface area contributed by atoms with Crippen LogP contribution in [0.2, 0.25) is 0 Å². The van der Waals surface area contributed by atoms with Gasteiger partial charge in [-0.3, -0.25) is 9.59 Å². The van der Waals surface area contributed by atoms with Gasteiger partial charge in [0.05, 0.1) is 11.9 Å². The van der Waals surface area contributed by atoms with Crippen molar-refractivity contribution in [3.05, 3.63) is 149 Å². The highest BCUT2D eigenvalue weighted by Gasteiger charge is 2.14. The van der Waals surface area contributed by atoms with E-state index < -0.39 is 17.6 Å². The second kappa shape index (κ2) is 14.8. The Morgan fingerprint density at radius 1 is 0.780 bits per heavy atom. The highest BCUT2D eigenvalue weighted by Crippen LogP contribution is 2.23. The number of nitrogens with one attached hydrogen (secondary N) is 2. The molecule has 0 spiro atoms. The quantitative estimate of drug-likeness (QED) is 0.103. The van der Waals surface area contributed by atoms with E-state index in [1.807, 2.05) is 60.9 Å². The minimum atomic E-state index is -0.514. The average Bonchev–Trinajstić information content (AvgIpc) is 3.81. The van der Waals surface area contributed by atoms with Crippen LogP contribution in [-0.2, 0) is 11.4 Å². The van der Waals surface area contributed by atoms with Crippen molar-refractivity contribution in [1.29, 1.82) is 0 Å². The van der Waals surface area contributed by atoms with Gasteiger partial charge in [0, 0.05) is 39.7 Å². The van der Waals surface area contributed by atoms with Crippen molar-refractivity contribution in [2.75, 3.05) is 11.9 Å². The third-order valence-corrected chi connectivity index (χ3v) is 8.09. The van der Waals surface area contributed by atoms with Crippen LogP contribution in [0.15, 0.2) is 113 Å². The summed E-state index contributed by atoms with van der Waals surface area (Å²) in [6, 6.07) is 30.4. The van der Waals surface area contributed by atoms with E-state index in [-0.39, 0.29) is 24.7 Å². The summed E-state index contributed by atoms with van der Waals surface area (Å²) < 4.78 is 35.1. The van der Waals surface area contributed by atoms with Crippen LogP contribution in [0.1, 0.15) is 44.7 Å². The van der Waals surface area contributed by atoms with E-state index in [1.54, 1.807) is 42.6 Å². The molecule has 0 saturated heterocycles. The Hall–Kier alpha value is -6.36. The number of rotatable bonds is 12. The molecule has 0 aliphatic heterocycles. The highest BCUT2D eigenvalue weighted by molar-refractivity contribution is 5.93. The fourth-order valence-electron chi connectivity index (χ4n) is 5.62. The maximum absolute atomic E-state index is 13.8. The molecular formula is C39H36FN5O5. The molecule has 6 aromatic rings. The van der Waals surface area contributed by atoms with Crippen LogP contribution < -0.4 is 20.2 Å². The average molecular weight is 674 g/mol. The van der Waals surface area contributed by atoms with Gasteiger partial charge >= 0.3 is 5.91 Å². The fourth-order valence-corrected chi connectivity index (χ4v) is 5.62.